The van der Waals surface area contributed by atoms with E-state index in [1.807, 2.05) is 0 Å². The zero-order valence-corrected chi connectivity index (χ0v) is 12.9. The van der Waals surface area contributed by atoms with Gasteiger partial charge in [0.1, 0.15) is 5.82 Å². The van der Waals surface area contributed by atoms with Crippen LogP contribution in [0.2, 0.25) is 0 Å². The summed E-state index contributed by atoms with van der Waals surface area (Å²) in [6, 6.07) is 1.52. The average Bonchev–Trinajstić information content (AvgIpc) is 2.23. The Morgan fingerprint density at radius 3 is 1.95 bits per heavy atom. The molecule has 1 aliphatic heterocycles. The van der Waals surface area contributed by atoms with Gasteiger partial charge in [0, 0.05) is 6.20 Å². The van der Waals surface area contributed by atoms with Crippen molar-refractivity contribution >= 4 is 37.0 Å². The Morgan fingerprint density at radius 2 is 1.59 bits per heavy atom. The first kappa shape index (κ1) is 19.2. The number of hydrogen-bond donors (Lipinski definition) is 5. The van der Waals surface area contributed by atoms with E-state index >= 15 is 0 Å². The summed E-state index contributed by atoms with van der Waals surface area (Å²) in [6.45, 7) is 0. The molecule has 1 radical (unpaired) electrons. The van der Waals surface area contributed by atoms with Crippen LogP contribution in [0.25, 0.3) is 0 Å². The molecule has 0 spiro atoms. The molecule has 0 saturated carbocycles. The lowest BCUT2D eigenvalue weighted by atomic mass is 10.4. The first-order chi connectivity index (χ1) is 9.91. The summed E-state index contributed by atoms with van der Waals surface area (Å²) >= 11 is 0. The second kappa shape index (κ2) is 7.15. The first-order valence-electron chi connectivity index (χ1n) is 4.81. The predicted octanol–water partition coefficient (Wildman–Crippen LogP) is -0.746. The third kappa shape index (κ3) is 7.43. The molecule has 6 N–H and O–H groups in total. The standard InChI is InChI=1S/C4H5N3O.BH3O10P3/c5-3-1-2-6-4(8)7-3;2-12(3)8-1-9-13(4,5)11-14(6,7)10-12/h1-2H,(H3,5,6,7,8);(H,2,3)(H,4,5)(H,6,7). The number of aromatic amines is 1. The molecule has 22 heavy (non-hydrogen) atoms. The monoisotopic (exact) mass is 378 g/mol. The Kier molecular flexibility index (Phi) is 6.24. The van der Waals surface area contributed by atoms with Gasteiger partial charge in [-0.3, -0.25) is 4.98 Å². The van der Waals surface area contributed by atoms with Crippen LogP contribution in [0.4, 0.5) is 5.82 Å². The van der Waals surface area contributed by atoms with Crippen LogP contribution in [0.1, 0.15) is 0 Å². The van der Waals surface area contributed by atoms with E-state index in [0.29, 0.717) is 5.82 Å². The van der Waals surface area contributed by atoms with Crippen LogP contribution in [-0.2, 0) is 31.2 Å². The Hall–Kier alpha value is -0.845. The van der Waals surface area contributed by atoms with Crippen LogP contribution in [0, 0.1) is 0 Å². The van der Waals surface area contributed by atoms with Crippen molar-refractivity contribution in [3.05, 3.63) is 22.7 Å². The highest BCUT2D eigenvalue weighted by Gasteiger charge is 2.45. The highest BCUT2D eigenvalue weighted by molar-refractivity contribution is 7.68. The molecule has 1 aromatic rings. The summed E-state index contributed by atoms with van der Waals surface area (Å²) in [5.74, 6) is 0.338. The van der Waals surface area contributed by atoms with Gasteiger partial charge in [-0.25, -0.2) is 23.5 Å². The van der Waals surface area contributed by atoms with E-state index in [4.69, 9.17) is 20.4 Å². The Labute approximate surface area is 122 Å². The number of anilines is 1. The fourth-order valence-corrected chi connectivity index (χ4v) is 3.98. The van der Waals surface area contributed by atoms with Crippen molar-refractivity contribution < 1.29 is 45.9 Å². The molecule has 0 aromatic carbocycles. The molecule has 0 amide bonds. The molecule has 1 fully saturated rings. The summed E-state index contributed by atoms with van der Waals surface area (Å²) in [7, 11) is -15.0. The SMILES string of the molecule is Nc1ccnc(=O)[nH]1.O=P1(O)O[B]OP(=O)(O)OP(=O)(O)O1. The van der Waals surface area contributed by atoms with Crippen molar-refractivity contribution in [2.45, 2.75) is 0 Å². The predicted molar refractivity (Wildman–Crippen MR) is 68.8 cm³/mol. The molecular weight excluding hydrogens is 370 g/mol. The Morgan fingerprint density at radius 1 is 1.09 bits per heavy atom. The van der Waals surface area contributed by atoms with Gasteiger partial charge in [-0.05, 0) is 6.07 Å². The van der Waals surface area contributed by atoms with Crippen LogP contribution in [-0.4, -0.2) is 32.3 Å². The molecule has 2 unspecified atom stereocenters. The highest BCUT2D eigenvalue weighted by Crippen LogP contribution is 2.69. The van der Waals surface area contributed by atoms with Gasteiger partial charge < -0.3 is 29.3 Å². The van der Waals surface area contributed by atoms with E-state index in [1.54, 1.807) is 0 Å². The number of H-pyrrole nitrogens is 1. The minimum Gasteiger partial charge on any atom is -0.385 e. The number of aromatic nitrogens is 2. The molecule has 14 nitrogen and oxygen atoms in total. The summed E-state index contributed by atoms with van der Waals surface area (Å²) in [6.07, 6.45) is 1.36. The van der Waals surface area contributed by atoms with Gasteiger partial charge >= 0.3 is 36.8 Å². The summed E-state index contributed by atoms with van der Waals surface area (Å²) in [4.78, 5) is 41.7. The molecule has 123 valence electrons. The molecule has 1 saturated heterocycles. The van der Waals surface area contributed by atoms with Crippen LogP contribution in [0.15, 0.2) is 17.1 Å². The zero-order valence-electron chi connectivity index (χ0n) is 10.2. The van der Waals surface area contributed by atoms with E-state index in [1.165, 1.54) is 12.3 Å². The number of phosphoric acid groups is 3. The minimum atomic E-state index is -5.20. The van der Waals surface area contributed by atoms with Gasteiger partial charge in [-0.1, -0.05) is 0 Å². The molecule has 18 heteroatoms. The van der Waals surface area contributed by atoms with Crippen molar-refractivity contribution in [1.29, 1.82) is 0 Å². The number of nitrogen functional groups attached to an aromatic ring is 1. The molecule has 2 atom stereocenters. The number of nitrogens with one attached hydrogen (secondary N) is 1. The van der Waals surface area contributed by atoms with Gasteiger partial charge in [-0.15, -0.1) is 0 Å². The van der Waals surface area contributed by atoms with Crippen molar-refractivity contribution in [3.63, 3.8) is 0 Å². The topological polar surface area (TPSA) is 221 Å². The van der Waals surface area contributed by atoms with Crippen LogP contribution in [0.3, 0.4) is 0 Å². The van der Waals surface area contributed by atoms with Crippen molar-refractivity contribution in [2.75, 3.05) is 5.73 Å². The molecular formula is C4H8BN3O11P3. The molecule has 1 aromatic heterocycles. The van der Waals surface area contributed by atoms with Crippen LogP contribution >= 0.6 is 23.5 Å². The number of nitrogens with zero attached hydrogens (tertiary/aromatic N) is 1. The van der Waals surface area contributed by atoms with E-state index in [2.05, 4.69) is 27.5 Å². The number of hydrogen-bond acceptors (Lipinski definition) is 10. The van der Waals surface area contributed by atoms with Crippen LogP contribution in [0.5, 0.6) is 0 Å². The fourth-order valence-electron chi connectivity index (χ4n) is 0.825. The lowest BCUT2D eigenvalue weighted by Crippen LogP contribution is -2.10. The first-order valence-corrected chi connectivity index (χ1v) is 9.30. The van der Waals surface area contributed by atoms with Crippen molar-refractivity contribution in [1.82, 2.24) is 9.97 Å². The summed E-state index contributed by atoms with van der Waals surface area (Å²) in [5.41, 5.74) is 4.75. The smallest absolute Gasteiger partial charge is 0.385 e. The maximum atomic E-state index is 10.7. The van der Waals surface area contributed by atoms with Gasteiger partial charge in [0.2, 0.25) is 0 Å². The molecule has 0 aliphatic carbocycles. The van der Waals surface area contributed by atoms with E-state index in [9.17, 15) is 18.5 Å². The Bertz CT molecular complexity index is 691. The van der Waals surface area contributed by atoms with Crippen molar-refractivity contribution in [3.8, 4) is 0 Å². The van der Waals surface area contributed by atoms with Gasteiger partial charge in [0.05, 0.1) is 0 Å². The molecule has 0 bridgehead atoms. The normalized spacial score (nSPS) is 35.2. The third-order valence-electron chi connectivity index (χ3n) is 1.46. The number of nitrogens with two attached hydrogens (primary N) is 1. The average molecular weight is 378 g/mol. The van der Waals surface area contributed by atoms with Crippen molar-refractivity contribution in [2.24, 2.45) is 0 Å². The third-order valence-corrected chi connectivity index (χ3v) is 5.47. The lowest BCUT2D eigenvalue weighted by Gasteiger charge is -2.20. The minimum absolute atomic E-state index is 0.000710. The molecule has 2 rings (SSSR count). The van der Waals surface area contributed by atoms with Gasteiger partial charge in [0.15, 0.2) is 0 Å². The van der Waals surface area contributed by atoms with E-state index < -0.39 is 29.2 Å². The molecule has 2 heterocycles. The zero-order chi connectivity index (χ0) is 17.0. The molecule has 1 aliphatic rings. The fraction of sp³-hybridized carbons (Fsp3) is 0. The van der Waals surface area contributed by atoms with E-state index in [0.717, 1.165) is 0 Å². The second-order valence-corrected chi connectivity index (χ2v) is 7.75. The van der Waals surface area contributed by atoms with E-state index in [-0.39, 0.29) is 7.69 Å². The largest absolute Gasteiger partial charge is 0.505 e. The maximum absolute atomic E-state index is 10.7. The summed E-state index contributed by atoms with van der Waals surface area (Å²) in [5, 5.41) is 0. The second-order valence-electron chi connectivity index (χ2n) is 3.21. The van der Waals surface area contributed by atoms with Crippen LogP contribution < -0.4 is 11.4 Å². The number of rotatable bonds is 0. The quantitative estimate of drug-likeness (QED) is 0.277. The highest BCUT2D eigenvalue weighted by atomic mass is 31.3. The van der Waals surface area contributed by atoms with Gasteiger partial charge in [0.25, 0.3) is 0 Å². The Balaban J connectivity index is 0.000000255. The lowest BCUT2D eigenvalue weighted by molar-refractivity contribution is 0.188. The van der Waals surface area contributed by atoms with Gasteiger partial charge in [-0.2, -0.15) is 8.62 Å². The summed E-state index contributed by atoms with van der Waals surface area (Å²) < 4.78 is 46.6. The maximum Gasteiger partial charge on any atom is 0.505 e.